The predicted octanol–water partition coefficient (Wildman–Crippen LogP) is 4.34. The van der Waals surface area contributed by atoms with Gasteiger partial charge in [0.25, 0.3) is 0 Å². The summed E-state index contributed by atoms with van der Waals surface area (Å²) in [6.07, 6.45) is 6.39. The molecule has 0 unspecified atom stereocenters. The molecule has 0 aliphatic heterocycles. The number of aryl methyl sites for hydroxylation is 2. The molecular formula is C22H30N2O3. The summed E-state index contributed by atoms with van der Waals surface area (Å²) in [5.74, 6) is 2.59. The molecule has 1 aromatic carbocycles. The zero-order chi connectivity index (χ0) is 19.2. The molecule has 1 saturated carbocycles. The van der Waals surface area contributed by atoms with E-state index in [0.29, 0.717) is 25.3 Å². The van der Waals surface area contributed by atoms with Crippen LogP contribution in [0.3, 0.4) is 0 Å². The van der Waals surface area contributed by atoms with Gasteiger partial charge in [-0.3, -0.25) is 4.68 Å². The van der Waals surface area contributed by atoms with E-state index in [-0.39, 0.29) is 5.78 Å². The van der Waals surface area contributed by atoms with Gasteiger partial charge >= 0.3 is 0 Å². The molecule has 1 fully saturated rings. The third-order valence-corrected chi connectivity index (χ3v) is 5.30. The number of hydrogen-bond donors (Lipinski definition) is 0. The third kappa shape index (κ3) is 5.34. The number of carbonyl (C=O) groups excluding carboxylic acids is 1. The highest BCUT2D eigenvalue weighted by Gasteiger charge is 2.17. The van der Waals surface area contributed by atoms with E-state index in [2.05, 4.69) is 11.2 Å². The molecule has 5 heteroatoms. The molecule has 0 amide bonds. The van der Waals surface area contributed by atoms with Crippen molar-refractivity contribution in [3.05, 3.63) is 41.2 Å². The second-order valence-electron chi connectivity index (χ2n) is 7.57. The number of carbonyl (C=O) groups is 1. The van der Waals surface area contributed by atoms with Gasteiger partial charge in [0.05, 0.1) is 26.0 Å². The molecular weight excluding hydrogens is 340 g/mol. The molecule has 0 spiro atoms. The summed E-state index contributed by atoms with van der Waals surface area (Å²) in [6.45, 7) is 5.07. The fourth-order valence-corrected chi connectivity index (χ4v) is 3.66. The lowest BCUT2D eigenvalue weighted by molar-refractivity contribution is -0.117. The Morgan fingerprint density at radius 2 is 2.04 bits per heavy atom. The lowest BCUT2D eigenvalue weighted by atomic mass is 10.1. The summed E-state index contributed by atoms with van der Waals surface area (Å²) in [5, 5.41) is 4.68. The molecule has 0 saturated heterocycles. The van der Waals surface area contributed by atoms with E-state index >= 15 is 0 Å². The largest absolute Gasteiger partial charge is 0.497 e. The number of Topliss-reactive ketones (excluding diaryl/α,β-unsaturated/α-hetero) is 1. The maximum absolute atomic E-state index is 11.2. The topological polar surface area (TPSA) is 53.4 Å². The first-order valence-corrected chi connectivity index (χ1v) is 9.87. The molecule has 3 rings (SSSR count). The second-order valence-corrected chi connectivity index (χ2v) is 7.57. The van der Waals surface area contributed by atoms with Gasteiger partial charge in [-0.1, -0.05) is 12.8 Å². The van der Waals surface area contributed by atoms with Crippen molar-refractivity contribution in [3.8, 4) is 11.5 Å². The van der Waals surface area contributed by atoms with Crippen LogP contribution in [-0.4, -0.2) is 29.3 Å². The number of aromatic nitrogens is 2. The Morgan fingerprint density at radius 1 is 1.26 bits per heavy atom. The molecule has 1 heterocycles. The lowest BCUT2D eigenvalue weighted by Gasteiger charge is -2.16. The fourth-order valence-electron chi connectivity index (χ4n) is 3.66. The number of methoxy groups -OCH3 is 1. The van der Waals surface area contributed by atoms with Crippen LogP contribution in [0, 0.1) is 12.8 Å². The Morgan fingerprint density at radius 3 is 2.74 bits per heavy atom. The highest BCUT2D eigenvalue weighted by molar-refractivity contribution is 5.75. The molecule has 0 radical (unpaired) electrons. The van der Waals surface area contributed by atoms with Crippen molar-refractivity contribution in [2.75, 3.05) is 13.7 Å². The SMILES string of the molecule is COc1ccc(OCC2CCCC2)c(Cn2nc(CCC(C)=O)cc2C)c1. The van der Waals surface area contributed by atoms with Crippen molar-refractivity contribution in [3.63, 3.8) is 0 Å². The van der Waals surface area contributed by atoms with Gasteiger partial charge in [0.15, 0.2) is 0 Å². The Kier molecular flexibility index (Phi) is 6.54. The van der Waals surface area contributed by atoms with E-state index in [1.165, 1.54) is 25.7 Å². The highest BCUT2D eigenvalue weighted by atomic mass is 16.5. The first kappa shape index (κ1) is 19.5. The van der Waals surface area contributed by atoms with Crippen LogP contribution in [0.4, 0.5) is 0 Å². The van der Waals surface area contributed by atoms with Crippen molar-refractivity contribution in [1.82, 2.24) is 9.78 Å². The van der Waals surface area contributed by atoms with Crippen LogP contribution in [0.2, 0.25) is 0 Å². The molecule has 146 valence electrons. The molecule has 1 aliphatic rings. The molecule has 2 aromatic rings. The van der Waals surface area contributed by atoms with Gasteiger partial charge < -0.3 is 14.3 Å². The zero-order valence-electron chi connectivity index (χ0n) is 16.7. The standard InChI is InChI=1S/C22H30N2O3/c1-16-12-20(9-8-17(2)25)23-24(16)14-19-13-21(26-3)10-11-22(19)27-15-18-6-4-5-7-18/h10-13,18H,4-9,14-15H2,1-3H3. The zero-order valence-corrected chi connectivity index (χ0v) is 16.7. The smallest absolute Gasteiger partial charge is 0.130 e. The van der Waals surface area contributed by atoms with Crippen LogP contribution in [0.25, 0.3) is 0 Å². The Hall–Kier alpha value is -2.30. The van der Waals surface area contributed by atoms with E-state index in [4.69, 9.17) is 9.47 Å². The molecule has 5 nitrogen and oxygen atoms in total. The predicted molar refractivity (Wildman–Crippen MR) is 106 cm³/mol. The normalized spacial score (nSPS) is 14.5. The Balaban J connectivity index is 1.74. The van der Waals surface area contributed by atoms with Crippen LogP contribution < -0.4 is 9.47 Å². The number of rotatable bonds is 9. The average molecular weight is 370 g/mol. The minimum Gasteiger partial charge on any atom is -0.497 e. The van der Waals surface area contributed by atoms with Gasteiger partial charge in [-0.15, -0.1) is 0 Å². The van der Waals surface area contributed by atoms with Gasteiger partial charge in [-0.05, 0) is 63.3 Å². The van der Waals surface area contributed by atoms with E-state index in [1.807, 2.05) is 29.8 Å². The Bertz CT molecular complexity index is 776. The van der Waals surface area contributed by atoms with E-state index in [1.54, 1.807) is 14.0 Å². The Labute approximate surface area is 161 Å². The summed E-state index contributed by atoms with van der Waals surface area (Å²) in [6, 6.07) is 8.03. The average Bonchev–Trinajstić information content (AvgIpc) is 3.29. The van der Waals surface area contributed by atoms with Gasteiger partial charge in [0.1, 0.15) is 17.3 Å². The van der Waals surface area contributed by atoms with Gasteiger partial charge in [-0.2, -0.15) is 5.10 Å². The minimum absolute atomic E-state index is 0.192. The number of ketones is 1. The van der Waals surface area contributed by atoms with Gasteiger partial charge in [0.2, 0.25) is 0 Å². The fraction of sp³-hybridized carbons (Fsp3) is 0.545. The summed E-state index contributed by atoms with van der Waals surface area (Å²) in [5.41, 5.74) is 3.11. The molecule has 0 atom stereocenters. The first-order valence-electron chi connectivity index (χ1n) is 9.87. The van der Waals surface area contributed by atoms with E-state index in [0.717, 1.165) is 35.1 Å². The highest BCUT2D eigenvalue weighted by Crippen LogP contribution is 2.29. The maximum atomic E-state index is 11.2. The van der Waals surface area contributed by atoms with Crippen LogP contribution >= 0.6 is 0 Å². The summed E-state index contributed by atoms with van der Waals surface area (Å²) in [7, 11) is 1.68. The monoisotopic (exact) mass is 370 g/mol. The minimum atomic E-state index is 0.192. The summed E-state index contributed by atoms with van der Waals surface area (Å²) >= 11 is 0. The van der Waals surface area contributed by atoms with Crippen LogP contribution in [0.1, 0.15) is 56.0 Å². The lowest BCUT2D eigenvalue weighted by Crippen LogP contribution is -2.11. The maximum Gasteiger partial charge on any atom is 0.130 e. The molecule has 1 aliphatic carbocycles. The van der Waals surface area contributed by atoms with Crippen molar-refractivity contribution < 1.29 is 14.3 Å². The molecule has 0 N–H and O–H groups in total. The van der Waals surface area contributed by atoms with E-state index < -0.39 is 0 Å². The second kappa shape index (κ2) is 9.07. The summed E-state index contributed by atoms with van der Waals surface area (Å²) in [4.78, 5) is 11.2. The van der Waals surface area contributed by atoms with Crippen molar-refractivity contribution in [2.24, 2.45) is 5.92 Å². The number of nitrogens with zero attached hydrogens (tertiary/aromatic N) is 2. The number of ether oxygens (including phenoxy) is 2. The number of benzene rings is 1. The van der Waals surface area contributed by atoms with Gasteiger partial charge in [-0.25, -0.2) is 0 Å². The van der Waals surface area contributed by atoms with Gasteiger partial charge in [0, 0.05) is 17.7 Å². The molecule has 0 bridgehead atoms. The first-order chi connectivity index (χ1) is 13.0. The van der Waals surface area contributed by atoms with Crippen molar-refractivity contribution in [2.45, 2.75) is 58.9 Å². The quantitative estimate of drug-likeness (QED) is 0.659. The van der Waals surface area contributed by atoms with Crippen LogP contribution in [-0.2, 0) is 17.8 Å². The van der Waals surface area contributed by atoms with E-state index in [9.17, 15) is 4.79 Å². The van der Waals surface area contributed by atoms with Crippen LogP contribution in [0.15, 0.2) is 24.3 Å². The third-order valence-electron chi connectivity index (χ3n) is 5.30. The van der Waals surface area contributed by atoms with Crippen LogP contribution in [0.5, 0.6) is 11.5 Å². The molecule has 27 heavy (non-hydrogen) atoms. The summed E-state index contributed by atoms with van der Waals surface area (Å²) < 4.78 is 13.6. The molecule has 1 aromatic heterocycles. The van der Waals surface area contributed by atoms with Crippen molar-refractivity contribution in [1.29, 1.82) is 0 Å². The number of hydrogen-bond acceptors (Lipinski definition) is 4. The van der Waals surface area contributed by atoms with Crippen molar-refractivity contribution >= 4 is 5.78 Å².